The summed E-state index contributed by atoms with van der Waals surface area (Å²) >= 11 is 1.77. The molecule has 5 heteroatoms. The zero-order chi connectivity index (χ0) is 11.6. The van der Waals surface area contributed by atoms with E-state index in [1.807, 2.05) is 0 Å². The van der Waals surface area contributed by atoms with Gasteiger partial charge in [-0.3, -0.25) is 6.08 Å². The third kappa shape index (κ3) is 5.11. The van der Waals surface area contributed by atoms with Crippen LogP contribution in [0.2, 0.25) is 0 Å². The normalized spacial score (nSPS) is 24.3. The van der Waals surface area contributed by atoms with Crippen LogP contribution >= 0.6 is 11.8 Å². The van der Waals surface area contributed by atoms with Gasteiger partial charge in [0.15, 0.2) is 0 Å². The van der Waals surface area contributed by atoms with E-state index in [0.717, 1.165) is 12.8 Å². The van der Waals surface area contributed by atoms with Gasteiger partial charge >= 0.3 is 21.7 Å². The molecular weight excluding hydrogens is 335 g/mol. The molecule has 1 unspecified atom stereocenters. The van der Waals surface area contributed by atoms with Gasteiger partial charge in [-0.2, -0.15) is 11.0 Å². The average molecular weight is 352 g/mol. The first-order valence-corrected chi connectivity index (χ1v) is 6.35. The topological polar surface area (TPSA) is 9.23 Å². The first-order chi connectivity index (χ1) is 7.66. The van der Waals surface area contributed by atoms with E-state index in [-0.39, 0.29) is 51.5 Å². The van der Waals surface area contributed by atoms with Crippen LogP contribution in [0.1, 0.15) is 26.7 Å². The van der Waals surface area contributed by atoms with Crippen molar-refractivity contribution >= 4 is 11.8 Å². The molecule has 1 nitrogen and oxygen atoms in total. The Balaban J connectivity index is 0. The predicted molar refractivity (Wildman–Crippen MR) is 70.0 cm³/mol. The number of methoxy groups -OCH3 is 1. The molecule has 1 radical (unpaired) electrons. The Hall–Kier alpha value is 0.564. The molecule has 0 aromatic heterocycles. The van der Waals surface area contributed by atoms with Crippen molar-refractivity contribution in [1.82, 2.24) is 0 Å². The fourth-order valence-electron chi connectivity index (χ4n) is 2.01. The van der Waals surface area contributed by atoms with Gasteiger partial charge < -0.3 is 29.6 Å². The number of allylic oxidation sites excluding steroid dienone is 5. The molecule has 0 spiro atoms. The van der Waals surface area contributed by atoms with Crippen LogP contribution < -0.4 is 24.8 Å². The van der Waals surface area contributed by atoms with E-state index >= 15 is 0 Å². The van der Waals surface area contributed by atoms with Crippen LogP contribution in [-0.4, -0.2) is 12.0 Å². The molecule has 0 aliphatic heterocycles. The zero-order valence-electron chi connectivity index (χ0n) is 11.3. The number of rotatable bonds is 3. The van der Waals surface area contributed by atoms with Gasteiger partial charge in [-0.05, 0) is 19.4 Å². The van der Waals surface area contributed by atoms with Crippen LogP contribution in [-0.2, 0) is 26.5 Å². The van der Waals surface area contributed by atoms with E-state index in [2.05, 4.69) is 44.2 Å². The Kier molecular flexibility index (Phi) is 10.9. The van der Waals surface area contributed by atoms with Gasteiger partial charge in [0.2, 0.25) is 0 Å². The van der Waals surface area contributed by atoms with Crippen LogP contribution in [0.25, 0.3) is 0 Å². The Bertz CT molecular complexity index is 416. The van der Waals surface area contributed by atoms with E-state index < -0.39 is 0 Å². The van der Waals surface area contributed by atoms with Crippen molar-refractivity contribution in [2.75, 3.05) is 7.11 Å². The van der Waals surface area contributed by atoms with E-state index in [9.17, 15) is 0 Å². The average Bonchev–Trinajstić information content (AvgIpc) is 2.75. The molecular formula is C14H17Cl2OSTi. The Morgan fingerprint density at radius 3 is 2.47 bits per heavy atom. The molecule has 0 heterocycles. The maximum Gasteiger partial charge on any atom is 3.00 e. The molecule has 0 aromatic rings. The fraction of sp³-hybridized carbons (Fsp3) is 0.429. The second kappa shape index (κ2) is 9.49. The molecule has 19 heavy (non-hydrogen) atoms. The summed E-state index contributed by atoms with van der Waals surface area (Å²) < 4.78 is 5.76. The molecule has 0 saturated carbocycles. The van der Waals surface area contributed by atoms with Crippen molar-refractivity contribution in [2.45, 2.75) is 31.6 Å². The number of halogens is 2. The molecule has 103 valence electrons. The molecule has 0 N–H and O–H groups in total. The summed E-state index contributed by atoms with van der Waals surface area (Å²) in [5.74, 6) is 0. The summed E-state index contributed by atoms with van der Waals surface area (Å²) in [6, 6.07) is 0. The maximum atomic E-state index is 5.76. The minimum absolute atomic E-state index is 0. The van der Waals surface area contributed by atoms with E-state index in [1.54, 1.807) is 18.9 Å². The Morgan fingerprint density at radius 2 is 2.00 bits per heavy atom. The van der Waals surface area contributed by atoms with Crippen molar-refractivity contribution in [1.29, 1.82) is 0 Å². The summed E-state index contributed by atoms with van der Waals surface area (Å²) in [5.41, 5.74) is 2.61. The molecule has 0 fully saturated rings. The smallest absolute Gasteiger partial charge is 1.00 e. The molecule has 2 aliphatic rings. The Labute approximate surface area is 147 Å². The van der Waals surface area contributed by atoms with Crippen LogP contribution in [0.4, 0.5) is 0 Å². The van der Waals surface area contributed by atoms with Gasteiger partial charge in [-0.1, -0.05) is 17.7 Å². The number of ether oxygens (including phenoxy) is 1. The quantitative estimate of drug-likeness (QED) is 0.331. The monoisotopic (exact) mass is 351 g/mol. The number of hydrogen-bond acceptors (Lipinski definition) is 2. The van der Waals surface area contributed by atoms with Gasteiger partial charge in [0.05, 0.1) is 0 Å². The minimum Gasteiger partial charge on any atom is -1.00 e. The molecule has 1 atom stereocenters. The third-order valence-electron chi connectivity index (χ3n) is 3.01. The first-order valence-electron chi connectivity index (χ1n) is 5.53. The maximum absolute atomic E-state index is 5.76. The van der Waals surface area contributed by atoms with E-state index in [0.29, 0.717) is 0 Å². The van der Waals surface area contributed by atoms with E-state index in [1.165, 1.54) is 16.1 Å². The van der Waals surface area contributed by atoms with Crippen molar-refractivity contribution in [3.63, 3.8) is 0 Å². The second-order valence-corrected chi connectivity index (χ2v) is 5.49. The summed E-state index contributed by atoms with van der Waals surface area (Å²) in [5, 5.41) is 0. The third-order valence-corrected chi connectivity index (χ3v) is 4.49. The van der Waals surface area contributed by atoms with Crippen molar-refractivity contribution in [3.8, 4) is 0 Å². The van der Waals surface area contributed by atoms with E-state index in [4.69, 9.17) is 4.74 Å². The van der Waals surface area contributed by atoms with Gasteiger partial charge in [-0.15, -0.1) is 18.2 Å². The molecule has 0 bridgehead atoms. The Morgan fingerprint density at radius 1 is 1.32 bits per heavy atom. The molecule has 2 rings (SSSR count). The summed E-state index contributed by atoms with van der Waals surface area (Å²) in [6.45, 7) is 4.28. The first kappa shape index (κ1) is 21.9. The van der Waals surface area contributed by atoms with Crippen molar-refractivity contribution in [3.05, 3.63) is 46.4 Å². The summed E-state index contributed by atoms with van der Waals surface area (Å²) in [7, 11) is 1.79. The molecule has 0 amide bonds. The largest absolute Gasteiger partial charge is 3.00 e. The summed E-state index contributed by atoms with van der Waals surface area (Å²) in [4.78, 5) is 0.971. The molecule has 0 aromatic carbocycles. The molecule has 0 saturated heterocycles. The van der Waals surface area contributed by atoms with Crippen LogP contribution in [0.5, 0.6) is 0 Å². The van der Waals surface area contributed by atoms with Crippen molar-refractivity contribution < 1.29 is 51.3 Å². The molecule has 2 aliphatic carbocycles. The second-order valence-electron chi connectivity index (χ2n) is 4.19. The zero-order valence-corrected chi connectivity index (χ0v) is 15.2. The van der Waals surface area contributed by atoms with Crippen LogP contribution in [0.15, 0.2) is 40.4 Å². The minimum atomic E-state index is -0.226. The summed E-state index contributed by atoms with van der Waals surface area (Å²) in [6.07, 6.45) is 13.9. The SMILES string of the molecule is COC1(SC2=[C-]CC=C2)CC=C(C)C=C1C.[Cl-].[Cl-].[Ti+3]. The van der Waals surface area contributed by atoms with Crippen LogP contribution in [0, 0.1) is 6.08 Å². The van der Waals surface area contributed by atoms with Crippen LogP contribution in [0.3, 0.4) is 0 Å². The predicted octanol–water partition coefficient (Wildman–Crippen LogP) is -1.99. The number of hydrogen-bond donors (Lipinski definition) is 0. The van der Waals surface area contributed by atoms with Gasteiger partial charge in [0, 0.05) is 13.5 Å². The fourth-order valence-corrected chi connectivity index (χ4v) is 3.15. The standard InChI is InChI=1S/C14H17OS.2ClH.Ti/c1-11-8-9-14(15-3,12(2)10-11)16-13-6-4-5-7-13;;;/h4,6,8,10H,5,9H2,1-3H3;2*1H;/q-1;;;+3/p-2. The van der Waals surface area contributed by atoms with Gasteiger partial charge in [0.25, 0.3) is 0 Å². The van der Waals surface area contributed by atoms with Gasteiger partial charge in [-0.25, -0.2) is 6.08 Å². The number of thioether (sulfide) groups is 1. The van der Waals surface area contributed by atoms with Gasteiger partial charge in [0.1, 0.15) is 4.93 Å². The van der Waals surface area contributed by atoms with Crippen molar-refractivity contribution in [2.24, 2.45) is 0 Å².